The summed E-state index contributed by atoms with van der Waals surface area (Å²) in [6.45, 7) is 1.05. The molecule has 2 unspecified atom stereocenters. The summed E-state index contributed by atoms with van der Waals surface area (Å²) in [5, 5.41) is 0. The van der Waals surface area contributed by atoms with Crippen molar-refractivity contribution in [2.75, 3.05) is 32.2 Å². The van der Waals surface area contributed by atoms with Crippen LogP contribution in [0.2, 0.25) is 0 Å². The van der Waals surface area contributed by atoms with Gasteiger partial charge in [-0.3, -0.25) is 0 Å². The van der Waals surface area contributed by atoms with E-state index in [9.17, 15) is 8.78 Å². The molecule has 1 heterocycles. The molecular weight excluding hydrogens is 326 g/mol. The van der Waals surface area contributed by atoms with E-state index in [4.69, 9.17) is 15.2 Å². The molecule has 3 rings (SSSR count). The minimum Gasteiger partial charge on any atom is -0.493 e. The van der Waals surface area contributed by atoms with Crippen LogP contribution in [0.15, 0.2) is 36.4 Å². The molecule has 0 radical (unpaired) electrons. The van der Waals surface area contributed by atoms with E-state index < -0.39 is 11.6 Å². The Morgan fingerprint density at radius 3 is 2.48 bits per heavy atom. The van der Waals surface area contributed by atoms with Gasteiger partial charge in [-0.15, -0.1) is 0 Å². The molecule has 0 saturated carbocycles. The number of nitrogens with zero attached hydrogens (tertiary/aromatic N) is 1. The first-order valence-corrected chi connectivity index (χ1v) is 8.19. The summed E-state index contributed by atoms with van der Waals surface area (Å²) in [5.74, 6) is 0.480. The smallest absolute Gasteiger partial charge is 0.160 e. The summed E-state index contributed by atoms with van der Waals surface area (Å²) >= 11 is 0. The normalized spacial score (nSPS) is 20.4. The van der Waals surface area contributed by atoms with E-state index in [1.807, 2.05) is 23.1 Å². The first kappa shape index (κ1) is 17.5. The molecular formula is C19H22F2N2O2. The number of hydrogen-bond acceptors (Lipinski definition) is 4. The molecule has 1 aliphatic rings. The molecule has 2 atom stereocenters. The average Bonchev–Trinajstić information content (AvgIpc) is 2.62. The van der Waals surface area contributed by atoms with E-state index in [-0.39, 0.29) is 17.6 Å². The first-order chi connectivity index (χ1) is 12.0. The Balaban J connectivity index is 1.89. The molecule has 6 heteroatoms. The van der Waals surface area contributed by atoms with Gasteiger partial charge in [0.25, 0.3) is 0 Å². The van der Waals surface area contributed by atoms with Gasteiger partial charge in [0.15, 0.2) is 11.5 Å². The predicted molar refractivity (Wildman–Crippen MR) is 93.5 cm³/mol. The zero-order chi connectivity index (χ0) is 18.0. The SMILES string of the molecule is COc1ccc(C2CC(N)CN(c3cc(F)ccc3F)C2)cc1OC. The quantitative estimate of drug-likeness (QED) is 0.921. The third-order valence-electron chi connectivity index (χ3n) is 4.61. The first-order valence-electron chi connectivity index (χ1n) is 8.19. The van der Waals surface area contributed by atoms with Crippen LogP contribution in [0.4, 0.5) is 14.5 Å². The van der Waals surface area contributed by atoms with E-state index in [2.05, 4.69) is 0 Å². The Bertz CT molecular complexity index is 754. The predicted octanol–water partition coefficient (Wildman–Crippen LogP) is 3.30. The highest BCUT2D eigenvalue weighted by atomic mass is 19.1. The van der Waals surface area contributed by atoms with E-state index >= 15 is 0 Å². The minimum absolute atomic E-state index is 0.0891. The van der Waals surface area contributed by atoms with Crippen molar-refractivity contribution in [2.24, 2.45) is 5.73 Å². The van der Waals surface area contributed by atoms with Crippen LogP contribution < -0.4 is 20.1 Å². The van der Waals surface area contributed by atoms with Crippen molar-refractivity contribution < 1.29 is 18.3 Å². The van der Waals surface area contributed by atoms with Crippen molar-refractivity contribution in [3.8, 4) is 11.5 Å². The summed E-state index contributed by atoms with van der Waals surface area (Å²) in [6, 6.07) is 9.09. The fourth-order valence-electron chi connectivity index (χ4n) is 3.41. The number of nitrogens with two attached hydrogens (primary N) is 1. The second-order valence-corrected chi connectivity index (χ2v) is 6.31. The van der Waals surface area contributed by atoms with Crippen molar-refractivity contribution in [1.29, 1.82) is 0 Å². The maximum Gasteiger partial charge on any atom is 0.160 e. The number of anilines is 1. The molecule has 0 bridgehead atoms. The molecule has 134 valence electrons. The molecule has 0 aromatic heterocycles. The summed E-state index contributed by atoms with van der Waals surface area (Å²) in [6.07, 6.45) is 0.767. The van der Waals surface area contributed by atoms with E-state index in [0.717, 1.165) is 24.1 Å². The third kappa shape index (κ3) is 3.69. The maximum absolute atomic E-state index is 14.1. The van der Waals surface area contributed by atoms with Crippen molar-refractivity contribution in [1.82, 2.24) is 0 Å². The van der Waals surface area contributed by atoms with Crippen LogP contribution in [0.1, 0.15) is 17.9 Å². The lowest BCUT2D eigenvalue weighted by Crippen LogP contribution is -2.46. The number of halogens is 2. The minimum atomic E-state index is -0.460. The number of rotatable bonds is 4. The highest BCUT2D eigenvalue weighted by Gasteiger charge is 2.28. The van der Waals surface area contributed by atoms with Crippen molar-refractivity contribution >= 4 is 5.69 Å². The molecule has 2 N–H and O–H groups in total. The fraction of sp³-hybridized carbons (Fsp3) is 0.368. The summed E-state index contributed by atoms with van der Waals surface area (Å²) in [7, 11) is 3.17. The van der Waals surface area contributed by atoms with Gasteiger partial charge in [0.1, 0.15) is 11.6 Å². The summed E-state index contributed by atoms with van der Waals surface area (Å²) in [4.78, 5) is 1.81. The molecule has 0 amide bonds. The van der Waals surface area contributed by atoms with Crippen LogP contribution in [0.5, 0.6) is 11.5 Å². The maximum atomic E-state index is 14.1. The molecule has 1 saturated heterocycles. The van der Waals surface area contributed by atoms with Crippen molar-refractivity contribution in [3.05, 3.63) is 53.6 Å². The van der Waals surface area contributed by atoms with Crippen LogP contribution in [0.3, 0.4) is 0 Å². The molecule has 0 spiro atoms. The number of ether oxygens (including phenoxy) is 2. The van der Waals surface area contributed by atoms with Crippen molar-refractivity contribution in [3.63, 3.8) is 0 Å². The number of hydrogen-bond donors (Lipinski definition) is 1. The third-order valence-corrected chi connectivity index (χ3v) is 4.61. The second kappa shape index (κ2) is 7.27. The van der Waals surface area contributed by atoms with Gasteiger partial charge in [0, 0.05) is 31.1 Å². The largest absolute Gasteiger partial charge is 0.493 e. The van der Waals surface area contributed by atoms with Crippen LogP contribution in [-0.2, 0) is 0 Å². The van der Waals surface area contributed by atoms with Gasteiger partial charge < -0.3 is 20.1 Å². The number of benzene rings is 2. The van der Waals surface area contributed by atoms with Crippen LogP contribution in [0.25, 0.3) is 0 Å². The number of methoxy groups -OCH3 is 2. The zero-order valence-corrected chi connectivity index (χ0v) is 14.3. The Kier molecular flexibility index (Phi) is 5.08. The summed E-state index contributed by atoms with van der Waals surface area (Å²) in [5.41, 5.74) is 7.48. The van der Waals surface area contributed by atoms with Gasteiger partial charge in [0.2, 0.25) is 0 Å². The van der Waals surface area contributed by atoms with Crippen LogP contribution in [-0.4, -0.2) is 33.4 Å². The molecule has 2 aromatic rings. The van der Waals surface area contributed by atoms with Gasteiger partial charge in [0.05, 0.1) is 19.9 Å². The van der Waals surface area contributed by atoms with Crippen LogP contribution in [0, 0.1) is 11.6 Å². The lowest BCUT2D eigenvalue weighted by Gasteiger charge is -2.38. The molecule has 1 aliphatic heterocycles. The standard InChI is InChI=1S/C19H22F2N2O2/c1-24-18-6-3-12(8-19(18)25-2)13-7-15(22)11-23(10-13)17-9-14(20)4-5-16(17)21/h3-6,8-9,13,15H,7,10-11,22H2,1-2H3. The lowest BCUT2D eigenvalue weighted by atomic mass is 9.88. The highest BCUT2D eigenvalue weighted by molar-refractivity contribution is 5.50. The molecule has 0 aliphatic carbocycles. The Morgan fingerprint density at radius 2 is 1.76 bits per heavy atom. The van der Waals surface area contributed by atoms with E-state index in [1.54, 1.807) is 14.2 Å². The Hall–Kier alpha value is -2.34. The highest BCUT2D eigenvalue weighted by Crippen LogP contribution is 2.35. The zero-order valence-electron chi connectivity index (χ0n) is 14.3. The van der Waals surface area contributed by atoms with Gasteiger partial charge in [-0.2, -0.15) is 0 Å². The van der Waals surface area contributed by atoms with E-state index in [1.165, 1.54) is 6.07 Å². The van der Waals surface area contributed by atoms with E-state index in [0.29, 0.717) is 24.6 Å². The van der Waals surface area contributed by atoms with Gasteiger partial charge in [-0.25, -0.2) is 8.78 Å². The van der Waals surface area contributed by atoms with Gasteiger partial charge >= 0.3 is 0 Å². The topological polar surface area (TPSA) is 47.7 Å². The average molecular weight is 348 g/mol. The van der Waals surface area contributed by atoms with Gasteiger partial charge in [-0.1, -0.05) is 6.07 Å². The van der Waals surface area contributed by atoms with Gasteiger partial charge in [-0.05, 0) is 36.2 Å². The molecule has 25 heavy (non-hydrogen) atoms. The Morgan fingerprint density at radius 1 is 1.00 bits per heavy atom. The van der Waals surface area contributed by atoms with Crippen LogP contribution >= 0.6 is 0 Å². The molecule has 2 aromatic carbocycles. The van der Waals surface area contributed by atoms with Crippen molar-refractivity contribution in [2.45, 2.75) is 18.4 Å². The Labute approximate surface area is 146 Å². The monoisotopic (exact) mass is 348 g/mol. The lowest BCUT2D eigenvalue weighted by molar-refractivity contribution is 0.353. The molecule has 4 nitrogen and oxygen atoms in total. The summed E-state index contributed by atoms with van der Waals surface area (Å²) < 4.78 is 38.3. The molecule has 1 fully saturated rings. The number of piperidine rings is 1. The fourth-order valence-corrected chi connectivity index (χ4v) is 3.41. The second-order valence-electron chi connectivity index (χ2n) is 6.31.